The average molecular weight is 298 g/mol. The quantitative estimate of drug-likeness (QED) is 0.640. The fraction of sp³-hybridized carbons (Fsp3) is 0.385. The summed E-state index contributed by atoms with van der Waals surface area (Å²) < 4.78 is 4.86. The molecular formula is C13H18N2O2S2. The van der Waals surface area contributed by atoms with Crippen molar-refractivity contribution in [3.63, 3.8) is 0 Å². The van der Waals surface area contributed by atoms with Crippen molar-refractivity contribution in [2.45, 2.75) is 12.5 Å². The van der Waals surface area contributed by atoms with Gasteiger partial charge in [0.2, 0.25) is 0 Å². The lowest BCUT2D eigenvalue weighted by molar-refractivity contribution is -0.142. The highest BCUT2D eigenvalue weighted by Gasteiger charge is 2.28. The minimum Gasteiger partial charge on any atom is -0.467 e. The van der Waals surface area contributed by atoms with Gasteiger partial charge in [0, 0.05) is 5.69 Å². The highest BCUT2D eigenvalue weighted by Crippen LogP contribution is 2.20. The Morgan fingerprint density at radius 3 is 2.58 bits per heavy atom. The Kier molecular flexibility index (Phi) is 6.66. The van der Waals surface area contributed by atoms with Crippen LogP contribution in [-0.4, -0.2) is 36.2 Å². The van der Waals surface area contributed by atoms with Gasteiger partial charge in [0.25, 0.3) is 0 Å². The summed E-state index contributed by atoms with van der Waals surface area (Å²) in [5, 5.41) is 0.169. The Morgan fingerprint density at radius 1 is 1.47 bits per heavy atom. The van der Waals surface area contributed by atoms with Gasteiger partial charge in [-0.2, -0.15) is 11.8 Å². The van der Waals surface area contributed by atoms with Crippen LogP contribution in [0.15, 0.2) is 30.3 Å². The monoisotopic (exact) mass is 298 g/mol. The first-order valence-electron chi connectivity index (χ1n) is 5.82. The number of carbonyl (C=O) groups excluding carboxylic acids is 1. The van der Waals surface area contributed by atoms with Crippen LogP contribution >= 0.6 is 24.0 Å². The topological polar surface area (TPSA) is 55.6 Å². The number of hydrogen-bond donors (Lipinski definition) is 1. The van der Waals surface area contributed by atoms with Crippen LogP contribution in [0.25, 0.3) is 0 Å². The molecule has 0 saturated carbocycles. The number of hydrogen-bond acceptors (Lipinski definition) is 4. The van der Waals surface area contributed by atoms with Crippen molar-refractivity contribution in [1.29, 1.82) is 0 Å². The Labute approximate surface area is 123 Å². The second-order valence-corrected chi connectivity index (χ2v) is 5.27. The number of thioether (sulfide) groups is 1. The molecule has 4 nitrogen and oxygen atoms in total. The molecule has 1 atom stereocenters. The number of methoxy groups -OCH3 is 1. The molecule has 6 heteroatoms. The maximum absolute atomic E-state index is 11.9. The Morgan fingerprint density at radius 2 is 2.11 bits per heavy atom. The number of carbonyl (C=O) groups is 1. The molecule has 0 amide bonds. The lowest BCUT2D eigenvalue weighted by Crippen LogP contribution is -2.48. The van der Waals surface area contributed by atoms with Gasteiger partial charge in [-0.1, -0.05) is 18.2 Å². The van der Waals surface area contributed by atoms with E-state index in [4.69, 9.17) is 22.7 Å². The van der Waals surface area contributed by atoms with Crippen molar-refractivity contribution in [3.8, 4) is 0 Å². The number of ether oxygens (including phenoxy) is 1. The van der Waals surface area contributed by atoms with E-state index in [0.717, 1.165) is 11.4 Å². The molecule has 104 valence electrons. The second-order valence-electron chi connectivity index (χ2n) is 3.86. The molecule has 0 aromatic heterocycles. The molecular weight excluding hydrogens is 280 g/mol. The minimum atomic E-state index is -0.489. The molecule has 0 unspecified atom stereocenters. The molecule has 1 aromatic carbocycles. The number of nitrogens with zero attached hydrogens (tertiary/aromatic N) is 1. The molecule has 0 aliphatic carbocycles. The molecule has 0 aliphatic rings. The zero-order chi connectivity index (χ0) is 14.3. The van der Waals surface area contributed by atoms with Gasteiger partial charge in [-0.3, -0.25) is 0 Å². The van der Waals surface area contributed by atoms with E-state index in [0.29, 0.717) is 6.42 Å². The summed E-state index contributed by atoms with van der Waals surface area (Å²) in [7, 11) is 1.37. The smallest absolute Gasteiger partial charge is 0.328 e. The number of rotatable bonds is 6. The summed E-state index contributed by atoms with van der Waals surface area (Å²) in [5.74, 6) is 0.497. The van der Waals surface area contributed by atoms with E-state index < -0.39 is 6.04 Å². The van der Waals surface area contributed by atoms with Crippen molar-refractivity contribution in [2.24, 2.45) is 5.73 Å². The highest BCUT2D eigenvalue weighted by molar-refractivity contribution is 7.98. The van der Waals surface area contributed by atoms with Crippen LogP contribution in [0.3, 0.4) is 0 Å². The molecule has 19 heavy (non-hydrogen) atoms. The van der Waals surface area contributed by atoms with Gasteiger partial charge in [-0.05, 0) is 42.8 Å². The molecule has 0 spiro atoms. The van der Waals surface area contributed by atoms with E-state index in [-0.39, 0.29) is 11.1 Å². The zero-order valence-corrected chi connectivity index (χ0v) is 12.7. The number of esters is 1. The average Bonchev–Trinajstić information content (AvgIpc) is 2.43. The maximum atomic E-state index is 11.9. The van der Waals surface area contributed by atoms with Crippen LogP contribution in [0.1, 0.15) is 6.42 Å². The van der Waals surface area contributed by atoms with E-state index in [1.807, 2.05) is 36.6 Å². The number of anilines is 1. The van der Waals surface area contributed by atoms with Crippen LogP contribution < -0.4 is 10.6 Å². The van der Waals surface area contributed by atoms with Crippen LogP contribution in [-0.2, 0) is 9.53 Å². The molecule has 1 aromatic rings. The fourth-order valence-corrected chi connectivity index (χ4v) is 2.46. The SMILES string of the molecule is COC(=O)[C@H](CCSC)N(C(N)=S)c1ccccc1. The Bertz CT molecular complexity index is 426. The number of benzene rings is 1. The van der Waals surface area contributed by atoms with Gasteiger partial charge in [0.15, 0.2) is 5.11 Å². The fourth-order valence-electron chi connectivity index (χ4n) is 1.77. The third-order valence-electron chi connectivity index (χ3n) is 2.65. The third kappa shape index (κ3) is 4.40. The van der Waals surface area contributed by atoms with Gasteiger partial charge in [-0.15, -0.1) is 0 Å². The van der Waals surface area contributed by atoms with E-state index in [1.54, 1.807) is 16.7 Å². The highest BCUT2D eigenvalue weighted by atomic mass is 32.2. The summed E-state index contributed by atoms with van der Waals surface area (Å²) in [6.45, 7) is 0. The van der Waals surface area contributed by atoms with E-state index in [9.17, 15) is 4.79 Å². The molecule has 2 N–H and O–H groups in total. The Hall–Kier alpha value is -1.27. The minimum absolute atomic E-state index is 0.169. The Balaban J connectivity index is 3.05. The van der Waals surface area contributed by atoms with Crippen molar-refractivity contribution in [1.82, 2.24) is 0 Å². The van der Waals surface area contributed by atoms with Crippen molar-refractivity contribution < 1.29 is 9.53 Å². The van der Waals surface area contributed by atoms with Crippen molar-refractivity contribution in [2.75, 3.05) is 24.0 Å². The molecule has 0 radical (unpaired) electrons. The second kappa shape index (κ2) is 8.01. The summed E-state index contributed by atoms with van der Waals surface area (Å²) in [6.07, 6.45) is 2.61. The van der Waals surface area contributed by atoms with Crippen LogP contribution in [0.4, 0.5) is 5.69 Å². The molecule has 0 saturated heterocycles. The largest absolute Gasteiger partial charge is 0.467 e. The first-order chi connectivity index (χ1) is 9.11. The normalized spacial score (nSPS) is 11.7. The van der Waals surface area contributed by atoms with Crippen molar-refractivity contribution in [3.05, 3.63) is 30.3 Å². The van der Waals surface area contributed by atoms with Gasteiger partial charge in [-0.25, -0.2) is 4.79 Å². The van der Waals surface area contributed by atoms with Crippen LogP contribution in [0.2, 0.25) is 0 Å². The first-order valence-corrected chi connectivity index (χ1v) is 7.62. The van der Waals surface area contributed by atoms with Gasteiger partial charge < -0.3 is 15.4 Å². The predicted octanol–water partition coefficient (Wildman–Crippen LogP) is 2.03. The lowest BCUT2D eigenvalue weighted by Gasteiger charge is -2.30. The third-order valence-corrected chi connectivity index (χ3v) is 3.49. The molecule has 0 fully saturated rings. The summed E-state index contributed by atoms with van der Waals surface area (Å²) in [5.41, 5.74) is 6.57. The van der Waals surface area contributed by atoms with E-state index >= 15 is 0 Å². The predicted molar refractivity (Wildman–Crippen MR) is 84.5 cm³/mol. The number of thiocarbonyl (C=S) groups is 1. The molecule has 0 heterocycles. The lowest BCUT2D eigenvalue weighted by atomic mass is 10.1. The number of para-hydroxylation sites is 1. The van der Waals surface area contributed by atoms with Gasteiger partial charge in [0.1, 0.15) is 6.04 Å². The first kappa shape index (κ1) is 15.8. The standard InChI is InChI=1S/C13H18N2O2S2/c1-17-12(16)11(8-9-19-2)15(13(14)18)10-6-4-3-5-7-10/h3-7,11H,8-9H2,1-2H3,(H2,14,18)/t11-/m0/s1. The summed E-state index contributed by atoms with van der Waals surface area (Å²) in [4.78, 5) is 13.6. The van der Waals surface area contributed by atoms with Crippen LogP contribution in [0.5, 0.6) is 0 Å². The maximum Gasteiger partial charge on any atom is 0.328 e. The van der Waals surface area contributed by atoms with Crippen molar-refractivity contribution >= 4 is 40.7 Å². The van der Waals surface area contributed by atoms with Gasteiger partial charge >= 0.3 is 5.97 Å². The molecule has 0 bridgehead atoms. The molecule has 0 aliphatic heterocycles. The molecule has 1 rings (SSSR count). The summed E-state index contributed by atoms with van der Waals surface area (Å²) >= 11 is 6.75. The van der Waals surface area contributed by atoms with Gasteiger partial charge in [0.05, 0.1) is 7.11 Å². The zero-order valence-electron chi connectivity index (χ0n) is 11.0. The number of nitrogens with two attached hydrogens (primary N) is 1. The van der Waals surface area contributed by atoms with E-state index in [2.05, 4.69) is 0 Å². The van der Waals surface area contributed by atoms with E-state index in [1.165, 1.54) is 7.11 Å². The van der Waals surface area contributed by atoms with Crippen LogP contribution in [0, 0.1) is 0 Å². The summed E-state index contributed by atoms with van der Waals surface area (Å²) in [6, 6.07) is 8.91.